The number of hydrogen-bond donors (Lipinski definition) is 5. The summed E-state index contributed by atoms with van der Waals surface area (Å²) in [7, 11) is -20.7. The third-order valence-electron chi connectivity index (χ3n) is 17.7. The minimum Gasteiger partial charge on any atom is -0.460 e. The molecule has 5 heterocycles. The van der Waals surface area contributed by atoms with E-state index in [0.717, 1.165) is 24.3 Å². The summed E-state index contributed by atoms with van der Waals surface area (Å²) in [6.07, 6.45) is -6.73. The molecule has 5 aliphatic heterocycles. The monoisotopic (exact) mass is 1930 g/mol. The number of carbonyl (C=O) groups excluding carboxylic acids is 5. The summed E-state index contributed by atoms with van der Waals surface area (Å²) in [6, 6.07) is 64.8. The van der Waals surface area contributed by atoms with Crippen LogP contribution >= 0.6 is 46.4 Å². The highest BCUT2D eigenvalue weighted by Crippen LogP contribution is 2.41. The fourth-order valence-corrected chi connectivity index (χ4v) is 18.1. The molecule has 0 saturated heterocycles. The number of hydrogen-bond acceptors (Lipinski definition) is 30. The van der Waals surface area contributed by atoms with E-state index in [-0.39, 0.29) is 54.0 Å². The largest absolute Gasteiger partial charge is 0.460 e. The van der Waals surface area contributed by atoms with Crippen molar-refractivity contribution in [1.29, 1.82) is 0 Å². The number of carbonyl (C=O) groups is 5. The molecule has 5 atom stereocenters. The van der Waals surface area contributed by atoms with Crippen LogP contribution in [0.4, 0.5) is 17.6 Å². The normalized spacial score (nSPS) is 17.4. The second-order valence-corrected chi connectivity index (χ2v) is 36.7. The van der Waals surface area contributed by atoms with E-state index in [1.807, 2.05) is 0 Å². The first-order chi connectivity index (χ1) is 60.5. The van der Waals surface area contributed by atoms with Gasteiger partial charge in [0.15, 0.2) is 30.5 Å². The quantitative estimate of drug-likeness (QED) is 0.0262. The summed E-state index contributed by atoms with van der Waals surface area (Å²) in [5.74, 6) is -14.9. The van der Waals surface area contributed by atoms with Crippen LogP contribution in [0, 0.1) is 23.3 Å². The van der Waals surface area contributed by atoms with Gasteiger partial charge < -0.3 is 73.3 Å². The van der Waals surface area contributed by atoms with Gasteiger partial charge in [0.1, 0.15) is 52.0 Å². The SMILES string of the molecule is NC1=C(OS(=O)(=O)Cc2ccccc2)C(=O)C(c2cc(Cl)ccc2F)O1.NC1=C(OS(=O)(=O)Cc2ccccc2)C(=O)C(c2cc(F)ccc2Cl)O1.NC1=C(OS(=O)(=O)Cc2ccccc2)C(=O)C(c2ccc(Cl)cc2F)O1.NC1=C(OS(=O)(=O)Cc2ccccc2)C(=O)C(c2cccc(Cl)c2F)O1.NC1=C(OS(=O)(=O)Cc2ccccc2)C(=O)C(c2ccccc2)O1. The van der Waals surface area contributed by atoms with E-state index in [4.69, 9.17) is 120 Å². The lowest BCUT2D eigenvalue weighted by Crippen LogP contribution is -2.17. The van der Waals surface area contributed by atoms with Crippen LogP contribution in [0.3, 0.4) is 0 Å². The molecule has 0 radical (unpaired) electrons. The lowest BCUT2D eigenvalue weighted by molar-refractivity contribution is -0.123. The van der Waals surface area contributed by atoms with Crippen molar-refractivity contribution in [2.24, 2.45) is 28.7 Å². The maximum absolute atomic E-state index is 14.1. The Balaban J connectivity index is 0.000000155. The molecule has 668 valence electrons. The highest BCUT2D eigenvalue weighted by molar-refractivity contribution is 7.87. The van der Waals surface area contributed by atoms with Crippen molar-refractivity contribution in [3.05, 3.63) is 412 Å². The Morgan fingerprint density at radius 1 is 0.273 bits per heavy atom. The van der Waals surface area contributed by atoms with E-state index in [9.17, 15) is 83.6 Å². The Kier molecular flexibility index (Phi) is 30.7. The van der Waals surface area contributed by atoms with Gasteiger partial charge in [0.05, 0.1) is 5.02 Å². The molecule has 0 bridgehead atoms. The van der Waals surface area contributed by atoms with E-state index >= 15 is 0 Å². The van der Waals surface area contributed by atoms with Gasteiger partial charge in [0.25, 0.3) is 0 Å². The standard InChI is InChI=1S/4C17H13ClFNO5S.C17H15NO5S/c18-12-8-4-7-11(13(12)19)15-14(21)16(17(20)24-15)25-26(22,23)9-10-5-2-1-3-6-10;18-13-7-6-11(19)8-12(13)15-14(21)16(17(20)24-15)25-26(22,23)9-10-4-2-1-3-5-10;18-11-6-7-13(19)12(8-11)15-14(21)16(17(20)24-15)25-26(22,23)9-10-4-2-1-3-5-10;18-11-6-7-12(13(19)8-11)15-14(21)16(17(20)24-15)25-26(22,23)9-10-4-2-1-3-5-10;18-17-16(14(19)15(22-17)13-9-5-2-6-10-13)23-24(20,21)11-12-7-3-1-4-8-12/h4*1-8,15H,9,20H2;1-10,15H,11,18H2. The van der Waals surface area contributed by atoms with Crippen LogP contribution < -0.4 is 28.7 Å². The van der Waals surface area contributed by atoms with Crippen molar-refractivity contribution in [3.63, 3.8) is 0 Å². The molecule has 0 amide bonds. The second kappa shape index (κ2) is 41.1. The maximum Gasteiger partial charge on any atom is 0.313 e. The summed E-state index contributed by atoms with van der Waals surface area (Å²) in [4.78, 5) is 62.2. The zero-order valence-corrected chi connectivity index (χ0v) is 72.4. The van der Waals surface area contributed by atoms with Crippen LogP contribution in [-0.2, 0) is 148 Å². The fourth-order valence-electron chi connectivity index (χ4n) is 12.0. The number of halogens is 8. The van der Waals surface area contributed by atoms with Crippen molar-refractivity contribution in [2.45, 2.75) is 59.3 Å². The predicted molar refractivity (Wildman–Crippen MR) is 453 cm³/mol. The summed E-state index contributed by atoms with van der Waals surface area (Å²) < 4.78 is 228. The van der Waals surface area contributed by atoms with Crippen LogP contribution in [0.25, 0.3) is 0 Å². The Labute approximate surface area is 748 Å². The fraction of sp³-hybridized carbons (Fsp3) is 0.118. The molecular formula is C85H67Cl4F4N5O25S5. The van der Waals surface area contributed by atoms with E-state index < -0.39 is 209 Å². The first-order valence-electron chi connectivity index (χ1n) is 36.7. The average molecular weight is 1940 g/mol. The van der Waals surface area contributed by atoms with Gasteiger partial charge in [-0.1, -0.05) is 247 Å². The second-order valence-electron chi connectivity index (χ2n) is 27.2. The van der Waals surface area contributed by atoms with Gasteiger partial charge in [-0.2, -0.15) is 42.1 Å². The third kappa shape index (κ3) is 25.0. The first kappa shape index (κ1) is 95.5. The molecule has 5 unspecified atom stereocenters. The zero-order valence-electron chi connectivity index (χ0n) is 65.3. The van der Waals surface area contributed by atoms with Crippen molar-refractivity contribution < 1.29 is 128 Å². The minimum atomic E-state index is -4.17. The average Bonchev–Trinajstić information content (AvgIpc) is 1.65. The topological polar surface area (TPSA) is 478 Å². The number of ketones is 5. The van der Waals surface area contributed by atoms with Crippen molar-refractivity contribution in [3.8, 4) is 0 Å². The van der Waals surface area contributed by atoms with Crippen LogP contribution in [-0.4, -0.2) is 71.0 Å². The number of ether oxygens (including phenoxy) is 5. The molecule has 5 aliphatic rings. The summed E-state index contributed by atoms with van der Waals surface area (Å²) in [5.41, 5.74) is 30.5. The van der Waals surface area contributed by atoms with E-state index in [1.165, 1.54) is 48.5 Å². The first-order valence-corrected chi connectivity index (χ1v) is 46.1. The lowest BCUT2D eigenvalue weighted by atomic mass is 10.1. The van der Waals surface area contributed by atoms with Gasteiger partial charge in [-0.25, -0.2) is 17.6 Å². The van der Waals surface area contributed by atoms with Crippen LogP contribution in [0.15, 0.2) is 313 Å². The molecule has 128 heavy (non-hydrogen) atoms. The highest BCUT2D eigenvalue weighted by Gasteiger charge is 2.46. The summed E-state index contributed by atoms with van der Waals surface area (Å²) in [5, 5.41) is 0.191. The van der Waals surface area contributed by atoms with Gasteiger partial charge in [-0.3, -0.25) is 24.0 Å². The Morgan fingerprint density at radius 2 is 0.562 bits per heavy atom. The molecule has 0 aliphatic carbocycles. The van der Waals surface area contributed by atoms with E-state index in [0.29, 0.717) is 33.4 Å². The number of Topliss-reactive ketones (excluding diaryl/α,β-unsaturated/α-hetero) is 5. The van der Waals surface area contributed by atoms with Crippen LogP contribution in [0.1, 0.15) is 86.2 Å². The number of benzene rings is 10. The molecule has 0 fully saturated rings. The maximum atomic E-state index is 14.1. The molecule has 10 aromatic rings. The minimum absolute atomic E-state index is 0.0265. The molecule has 15 rings (SSSR count). The molecule has 0 aromatic heterocycles. The van der Waals surface area contributed by atoms with Crippen LogP contribution in [0.2, 0.25) is 20.1 Å². The Bertz CT molecular complexity index is 6390. The molecule has 10 N–H and O–H groups in total. The zero-order chi connectivity index (χ0) is 92.7. The predicted octanol–water partition coefficient (Wildman–Crippen LogP) is 13.2. The van der Waals surface area contributed by atoms with Gasteiger partial charge in [-0.05, 0) is 82.4 Å². The molecule has 43 heteroatoms. The lowest BCUT2D eigenvalue weighted by Gasteiger charge is -2.11. The van der Waals surface area contributed by atoms with Crippen molar-refractivity contribution in [1.82, 2.24) is 0 Å². The van der Waals surface area contributed by atoms with Gasteiger partial charge >= 0.3 is 50.6 Å². The van der Waals surface area contributed by atoms with Crippen molar-refractivity contribution >= 4 is 126 Å². The van der Waals surface area contributed by atoms with Gasteiger partial charge in [0, 0.05) is 42.9 Å². The van der Waals surface area contributed by atoms with Gasteiger partial charge in [-0.15, -0.1) is 0 Å². The molecular weight excluding hydrogens is 1870 g/mol. The molecule has 0 saturated carbocycles. The number of nitrogens with two attached hydrogens (primary N) is 5. The Hall–Kier alpha value is -13.1. The highest BCUT2D eigenvalue weighted by atomic mass is 35.5. The third-order valence-corrected chi connectivity index (χ3v) is 24.4. The molecule has 30 nitrogen and oxygen atoms in total. The molecule has 10 aromatic carbocycles. The summed E-state index contributed by atoms with van der Waals surface area (Å²) >= 11 is 23.1. The van der Waals surface area contributed by atoms with E-state index in [1.54, 1.807) is 182 Å². The smallest absolute Gasteiger partial charge is 0.313 e. The molecule has 0 spiro atoms. The Morgan fingerprint density at radius 3 is 0.906 bits per heavy atom. The number of rotatable bonds is 25. The van der Waals surface area contributed by atoms with Gasteiger partial charge in [0.2, 0.25) is 87.1 Å². The van der Waals surface area contributed by atoms with E-state index in [2.05, 4.69) is 0 Å². The summed E-state index contributed by atoms with van der Waals surface area (Å²) in [6.45, 7) is 0. The van der Waals surface area contributed by atoms with Crippen LogP contribution in [0.5, 0.6) is 0 Å². The van der Waals surface area contributed by atoms with Crippen molar-refractivity contribution in [2.75, 3.05) is 0 Å².